The van der Waals surface area contributed by atoms with Gasteiger partial charge in [-0.05, 0) is 54.7 Å². The van der Waals surface area contributed by atoms with E-state index in [0.29, 0.717) is 25.3 Å². The van der Waals surface area contributed by atoms with Crippen LogP contribution in [-0.4, -0.2) is 37.6 Å². The van der Waals surface area contributed by atoms with Crippen LogP contribution >= 0.6 is 0 Å². The Labute approximate surface area is 158 Å². The fourth-order valence-electron chi connectivity index (χ4n) is 3.88. The van der Waals surface area contributed by atoms with E-state index >= 15 is 0 Å². The van der Waals surface area contributed by atoms with Gasteiger partial charge in [0.2, 0.25) is 5.91 Å². The van der Waals surface area contributed by atoms with Crippen LogP contribution in [0.1, 0.15) is 35.6 Å². The molecular formula is C22H24FNO3. The van der Waals surface area contributed by atoms with Crippen LogP contribution < -0.4 is 4.74 Å². The minimum absolute atomic E-state index is 0.155. The van der Waals surface area contributed by atoms with Crippen molar-refractivity contribution in [2.45, 2.75) is 31.3 Å². The summed E-state index contributed by atoms with van der Waals surface area (Å²) in [5.74, 6) is 0.702. The summed E-state index contributed by atoms with van der Waals surface area (Å²) in [5.41, 5.74) is 2.09. The quantitative estimate of drug-likeness (QED) is 0.823. The molecule has 27 heavy (non-hydrogen) atoms. The molecule has 2 aromatic rings. The molecule has 2 fully saturated rings. The standard InChI is InChI=1S/C22H24FNO3/c1-15-12-16(6-7-19(15)23)20-14-24(10-11-27-20)21(25)22(8-9-22)17-4-3-5-18(13-17)26-2/h3-7,12-13,20H,8-11,14H2,1-2H3. The van der Waals surface area contributed by atoms with E-state index in [1.807, 2.05) is 35.2 Å². The molecule has 4 nitrogen and oxygen atoms in total. The molecule has 0 spiro atoms. The summed E-state index contributed by atoms with van der Waals surface area (Å²) in [6.07, 6.45) is 1.50. The first-order valence-electron chi connectivity index (χ1n) is 9.35. The topological polar surface area (TPSA) is 38.8 Å². The smallest absolute Gasteiger partial charge is 0.233 e. The Kier molecular flexibility index (Phi) is 4.64. The SMILES string of the molecule is COc1cccc(C2(C(=O)N3CCOC(c4ccc(F)c(C)c4)C3)CC2)c1. The van der Waals surface area contributed by atoms with Gasteiger partial charge in [0.05, 0.1) is 25.7 Å². The van der Waals surface area contributed by atoms with Crippen molar-refractivity contribution in [2.75, 3.05) is 26.8 Å². The molecule has 1 atom stereocenters. The second-order valence-corrected chi connectivity index (χ2v) is 7.43. The van der Waals surface area contributed by atoms with Gasteiger partial charge in [0, 0.05) is 6.54 Å². The zero-order chi connectivity index (χ0) is 19.0. The maximum absolute atomic E-state index is 13.6. The number of benzene rings is 2. The highest BCUT2D eigenvalue weighted by Crippen LogP contribution is 2.50. The van der Waals surface area contributed by atoms with E-state index in [2.05, 4.69) is 0 Å². The number of methoxy groups -OCH3 is 1. The zero-order valence-corrected chi connectivity index (χ0v) is 15.7. The van der Waals surface area contributed by atoms with Crippen LogP contribution in [0.5, 0.6) is 5.75 Å². The Bertz CT molecular complexity index is 862. The van der Waals surface area contributed by atoms with Crippen molar-refractivity contribution in [1.82, 2.24) is 4.90 Å². The fourth-order valence-corrected chi connectivity index (χ4v) is 3.88. The molecule has 1 amide bonds. The van der Waals surface area contributed by atoms with E-state index in [0.717, 1.165) is 29.7 Å². The Morgan fingerprint density at radius 1 is 1.26 bits per heavy atom. The number of morpholine rings is 1. The van der Waals surface area contributed by atoms with Gasteiger partial charge in [0.1, 0.15) is 17.7 Å². The molecule has 1 saturated carbocycles. The summed E-state index contributed by atoms with van der Waals surface area (Å²) in [4.78, 5) is 15.3. The number of aryl methyl sites for hydroxylation is 1. The number of halogens is 1. The summed E-state index contributed by atoms with van der Waals surface area (Å²) in [7, 11) is 1.64. The molecule has 1 aliphatic heterocycles. The maximum Gasteiger partial charge on any atom is 0.233 e. The van der Waals surface area contributed by atoms with Gasteiger partial charge in [0.15, 0.2) is 0 Å². The summed E-state index contributed by atoms with van der Waals surface area (Å²) in [6.45, 7) is 3.31. The summed E-state index contributed by atoms with van der Waals surface area (Å²) in [5, 5.41) is 0. The van der Waals surface area contributed by atoms with Crippen LogP contribution in [-0.2, 0) is 14.9 Å². The lowest BCUT2D eigenvalue weighted by Gasteiger charge is -2.35. The van der Waals surface area contributed by atoms with Gasteiger partial charge in [-0.2, -0.15) is 0 Å². The number of carbonyl (C=O) groups is 1. The zero-order valence-electron chi connectivity index (χ0n) is 15.7. The van der Waals surface area contributed by atoms with Crippen molar-refractivity contribution in [3.05, 3.63) is 65.0 Å². The van der Waals surface area contributed by atoms with Crippen molar-refractivity contribution in [3.63, 3.8) is 0 Å². The normalized spacial score (nSPS) is 21.0. The van der Waals surface area contributed by atoms with Crippen molar-refractivity contribution in [3.8, 4) is 5.75 Å². The highest BCUT2D eigenvalue weighted by Gasteiger charge is 2.53. The van der Waals surface area contributed by atoms with Crippen molar-refractivity contribution >= 4 is 5.91 Å². The number of ether oxygens (including phenoxy) is 2. The average molecular weight is 369 g/mol. The number of carbonyl (C=O) groups excluding carboxylic acids is 1. The molecule has 2 aliphatic rings. The van der Waals surface area contributed by atoms with Crippen LogP contribution in [0.3, 0.4) is 0 Å². The van der Waals surface area contributed by atoms with E-state index in [9.17, 15) is 9.18 Å². The molecule has 0 aromatic heterocycles. The largest absolute Gasteiger partial charge is 0.497 e. The summed E-state index contributed by atoms with van der Waals surface area (Å²) < 4.78 is 24.8. The molecule has 1 unspecified atom stereocenters. The Morgan fingerprint density at radius 2 is 2.07 bits per heavy atom. The third-order valence-electron chi connectivity index (χ3n) is 5.69. The molecule has 1 aliphatic carbocycles. The molecule has 1 heterocycles. The van der Waals surface area contributed by atoms with E-state index in [-0.39, 0.29) is 17.8 Å². The average Bonchev–Trinajstić information content (AvgIpc) is 3.52. The molecule has 5 heteroatoms. The number of amides is 1. The van der Waals surface area contributed by atoms with Gasteiger partial charge in [-0.3, -0.25) is 4.79 Å². The monoisotopic (exact) mass is 369 g/mol. The van der Waals surface area contributed by atoms with Gasteiger partial charge in [-0.25, -0.2) is 4.39 Å². The lowest BCUT2D eigenvalue weighted by Crippen LogP contribution is -2.46. The molecular weight excluding hydrogens is 345 g/mol. The third kappa shape index (κ3) is 3.32. The van der Waals surface area contributed by atoms with Gasteiger partial charge in [-0.1, -0.05) is 24.3 Å². The van der Waals surface area contributed by atoms with Crippen molar-refractivity contribution in [2.24, 2.45) is 0 Å². The predicted octanol–water partition coefficient (Wildman–Crippen LogP) is 3.77. The minimum Gasteiger partial charge on any atom is -0.497 e. The van der Waals surface area contributed by atoms with E-state index < -0.39 is 5.41 Å². The maximum atomic E-state index is 13.6. The molecule has 1 saturated heterocycles. The summed E-state index contributed by atoms with van der Waals surface area (Å²) >= 11 is 0. The number of hydrogen-bond acceptors (Lipinski definition) is 3. The van der Waals surface area contributed by atoms with Crippen LogP contribution in [0, 0.1) is 12.7 Å². The molecule has 2 aromatic carbocycles. The van der Waals surface area contributed by atoms with Crippen LogP contribution in [0.15, 0.2) is 42.5 Å². The lowest BCUT2D eigenvalue weighted by atomic mass is 9.93. The van der Waals surface area contributed by atoms with Gasteiger partial charge in [-0.15, -0.1) is 0 Å². The van der Waals surface area contributed by atoms with Crippen LogP contribution in [0.4, 0.5) is 4.39 Å². The van der Waals surface area contributed by atoms with Gasteiger partial charge in [0.25, 0.3) is 0 Å². The predicted molar refractivity (Wildman–Crippen MR) is 100 cm³/mol. The lowest BCUT2D eigenvalue weighted by molar-refractivity contribution is -0.141. The first-order valence-corrected chi connectivity index (χ1v) is 9.35. The second kappa shape index (κ2) is 6.97. The Hall–Kier alpha value is -2.40. The molecule has 142 valence electrons. The first-order chi connectivity index (χ1) is 13.0. The van der Waals surface area contributed by atoms with E-state index in [1.54, 1.807) is 20.1 Å². The molecule has 0 N–H and O–H groups in total. The number of hydrogen-bond donors (Lipinski definition) is 0. The Balaban J connectivity index is 1.54. The van der Waals surface area contributed by atoms with Gasteiger partial charge >= 0.3 is 0 Å². The highest BCUT2D eigenvalue weighted by molar-refractivity contribution is 5.91. The van der Waals surface area contributed by atoms with Crippen molar-refractivity contribution < 1.29 is 18.7 Å². The van der Waals surface area contributed by atoms with Crippen molar-refractivity contribution in [1.29, 1.82) is 0 Å². The molecule has 0 bridgehead atoms. The minimum atomic E-state index is -0.435. The third-order valence-corrected chi connectivity index (χ3v) is 5.69. The fraction of sp³-hybridized carbons (Fsp3) is 0.409. The van der Waals surface area contributed by atoms with Gasteiger partial charge < -0.3 is 14.4 Å². The van der Waals surface area contributed by atoms with E-state index in [4.69, 9.17) is 9.47 Å². The summed E-state index contributed by atoms with van der Waals surface area (Å²) in [6, 6.07) is 12.8. The first kappa shape index (κ1) is 18.0. The molecule has 0 radical (unpaired) electrons. The second-order valence-electron chi connectivity index (χ2n) is 7.43. The molecule has 4 rings (SSSR count). The highest BCUT2D eigenvalue weighted by atomic mass is 19.1. The van der Waals surface area contributed by atoms with Crippen LogP contribution in [0.25, 0.3) is 0 Å². The van der Waals surface area contributed by atoms with E-state index in [1.165, 1.54) is 6.07 Å². The van der Waals surface area contributed by atoms with Crippen LogP contribution in [0.2, 0.25) is 0 Å². The Morgan fingerprint density at radius 3 is 2.78 bits per heavy atom. The number of nitrogens with zero attached hydrogens (tertiary/aromatic N) is 1. The number of rotatable bonds is 4.